The second-order valence-corrected chi connectivity index (χ2v) is 5.22. The Morgan fingerprint density at radius 1 is 1.42 bits per heavy atom. The Bertz CT molecular complexity index is 429. The van der Waals surface area contributed by atoms with Crippen LogP contribution in [0.5, 0.6) is 0 Å². The van der Waals surface area contributed by atoms with E-state index >= 15 is 0 Å². The Morgan fingerprint density at radius 3 is 3.00 bits per heavy atom. The van der Waals surface area contributed by atoms with Crippen molar-refractivity contribution < 1.29 is 4.39 Å². The van der Waals surface area contributed by atoms with Crippen molar-refractivity contribution in [3.05, 3.63) is 41.5 Å². The van der Waals surface area contributed by atoms with E-state index in [0.29, 0.717) is 0 Å². The largest absolute Gasteiger partial charge is 0.310 e. The fourth-order valence-electron chi connectivity index (χ4n) is 2.63. The SMILES string of the molecule is CCCNC(CC1=CCCCC1)c1ccncc1F. The Morgan fingerprint density at radius 2 is 2.32 bits per heavy atom. The summed E-state index contributed by atoms with van der Waals surface area (Å²) in [6, 6.07) is 1.87. The summed E-state index contributed by atoms with van der Waals surface area (Å²) < 4.78 is 13.9. The molecule has 0 aliphatic heterocycles. The van der Waals surface area contributed by atoms with Gasteiger partial charge in [-0.1, -0.05) is 18.6 Å². The number of halogens is 1. The molecule has 0 spiro atoms. The van der Waals surface area contributed by atoms with Crippen LogP contribution in [0.1, 0.15) is 57.1 Å². The summed E-state index contributed by atoms with van der Waals surface area (Å²) in [6.45, 7) is 3.05. The highest BCUT2D eigenvalue weighted by molar-refractivity contribution is 5.21. The summed E-state index contributed by atoms with van der Waals surface area (Å²) in [5, 5.41) is 3.47. The Balaban J connectivity index is 2.11. The second kappa shape index (κ2) is 7.39. The third-order valence-electron chi connectivity index (χ3n) is 3.67. The van der Waals surface area contributed by atoms with E-state index in [4.69, 9.17) is 0 Å². The normalized spacial score (nSPS) is 17.1. The van der Waals surface area contributed by atoms with E-state index in [1.165, 1.54) is 31.0 Å². The summed E-state index contributed by atoms with van der Waals surface area (Å²) in [4.78, 5) is 3.84. The molecule has 0 bridgehead atoms. The second-order valence-electron chi connectivity index (χ2n) is 5.22. The van der Waals surface area contributed by atoms with Gasteiger partial charge in [-0.15, -0.1) is 0 Å². The Hall–Kier alpha value is -1.22. The third kappa shape index (κ3) is 4.13. The van der Waals surface area contributed by atoms with Gasteiger partial charge in [0.2, 0.25) is 0 Å². The van der Waals surface area contributed by atoms with Crippen molar-refractivity contribution in [3.8, 4) is 0 Å². The summed E-state index contributed by atoms with van der Waals surface area (Å²) in [5.41, 5.74) is 2.21. The van der Waals surface area contributed by atoms with Gasteiger partial charge in [0.05, 0.1) is 6.20 Å². The molecule has 2 nitrogen and oxygen atoms in total. The van der Waals surface area contributed by atoms with Crippen LogP contribution in [0.4, 0.5) is 4.39 Å². The van der Waals surface area contributed by atoms with Crippen LogP contribution in [0.3, 0.4) is 0 Å². The van der Waals surface area contributed by atoms with Crippen LogP contribution < -0.4 is 5.32 Å². The molecule has 1 aromatic heterocycles. The molecule has 0 aromatic carbocycles. The summed E-state index contributed by atoms with van der Waals surface area (Å²) in [7, 11) is 0. The van der Waals surface area contributed by atoms with Crippen molar-refractivity contribution >= 4 is 0 Å². The number of aromatic nitrogens is 1. The van der Waals surface area contributed by atoms with Gasteiger partial charge in [0, 0.05) is 17.8 Å². The smallest absolute Gasteiger partial charge is 0.146 e. The molecule has 1 aliphatic carbocycles. The van der Waals surface area contributed by atoms with Gasteiger partial charge in [-0.3, -0.25) is 4.98 Å². The summed E-state index contributed by atoms with van der Waals surface area (Å²) in [6.07, 6.45) is 12.2. The van der Waals surface area contributed by atoms with Crippen molar-refractivity contribution in [3.63, 3.8) is 0 Å². The van der Waals surface area contributed by atoms with E-state index in [1.54, 1.807) is 12.3 Å². The number of pyridine rings is 1. The summed E-state index contributed by atoms with van der Waals surface area (Å²) in [5.74, 6) is -0.201. The molecule has 1 aliphatic rings. The van der Waals surface area contributed by atoms with Crippen molar-refractivity contribution in [1.29, 1.82) is 0 Å². The van der Waals surface area contributed by atoms with E-state index in [-0.39, 0.29) is 11.9 Å². The zero-order valence-electron chi connectivity index (χ0n) is 11.7. The zero-order chi connectivity index (χ0) is 13.5. The van der Waals surface area contributed by atoms with E-state index in [0.717, 1.165) is 31.4 Å². The van der Waals surface area contributed by atoms with E-state index in [9.17, 15) is 4.39 Å². The Labute approximate surface area is 115 Å². The first-order valence-corrected chi connectivity index (χ1v) is 7.32. The fourth-order valence-corrected chi connectivity index (χ4v) is 2.63. The first kappa shape index (κ1) is 14.2. The molecule has 3 heteroatoms. The van der Waals surface area contributed by atoms with E-state index < -0.39 is 0 Å². The van der Waals surface area contributed by atoms with Crippen LogP contribution in [0.25, 0.3) is 0 Å². The number of rotatable bonds is 6. The molecule has 0 saturated carbocycles. The highest BCUT2D eigenvalue weighted by Gasteiger charge is 2.17. The minimum Gasteiger partial charge on any atom is -0.310 e. The van der Waals surface area contributed by atoms with Crippen LogP contribution in [0, 0.1) is 5.82 Å². The molecule has 2 rings (SSSR count). The van der Waals surface area contributed by atoms with Crippen molar-refractivity contribution in [2.45, 2.75) is 51.5 Å². The van der Waals surface area contributed by atoms with Gasteiger partial charge in [0.15, 0.2) is 0 Å². The number of hydrogen-bond donors (Lipinski definition) is 1. The van der Waals surface area contributed by atoms with Gasteiger partial charge in [-0.2, -0.15) is 0 Å². The summed E-state index contributed by atoms with van der Waals surface area (Å²) >= 11 is 0. The van der Waals surface area contributed by atoms with E-state index in [2.05, 4.69) is 23.3 Å². The predicted octanol–water partition coefficient (Wildman–Crippen LogP) is 4.15. The molecule has 1 atom stereocenters. The van der Waals surface area contributed by atoms with Crippen LogP contribution in [0.2, 0.25) is 0 Å². The van der Waals surface area contributed by atoms with Gasteiger partial charge in [-0.05, 0) is 51.1 Å². The molecule has 0 radical (unpaired) electrons. The maximum absolute atomic E-state index is 13.9. The van der Waals surface area contributed by atoms with Crippen molar-refractivity contribution in [2.75, 3.05) is 6.54 Å². The van der Waals surface area contributed by atoms with Crippen LogP contribution in [-0.2, 0) is 0 Å². The lowest BCUT2D eigenvalue weighted by Crippen LogP contribution is -2.24. The maximum atomic E-state index is 13.9. The molecule has 0 saturated heterocycles. The van der Waals surface area contributed by atoms with Crippen LogP contribution in [0.15, 0.2) is 30.1 Å². The molecule has 1 unspecified atom stereocenters. The van der Waals surface area contributed by atoms with Crippen molar-refractivity contribution in [2.24, 2.45) is 0 Å². The quantitative estimate of drug-likeness (QED) is 0.779. The lowest BCUT2D eigenvalue weighted by molar-refractivity contribution is 0.483. The van der Waals surface area contributed by atoms with Gasteiger partial charge in [0.25, 0.3) is 0 Å². The standard InChI is InChI=1S/C16H23FN2/c1-2-9-19-16(11-13-6-4-3-5-7-13)14-8-10-18-12-15(14)17/h6,8,10,12,16,19H,2-5,7,9,11H2,1H3. The van der Waals surface area contributed by atoms with Crippen LogP contribution in [-0.4, -0.2) is 11.5 Å². The van der Waals surface area contributed by atoms with E-state index in [1.807, 2.05) is 0 Å². The molecule has 19 heavy (non-hydrogen) atoms. The molecule has 1 heterocycles. The lowest BCUT2D eigenvalue weighted by atomic mass is 9.91. The number of nitrogens with one attached hydrogen (secondary N) is 1. The predicted molar refractivity (Wildman–Crippen MR) is 76.4 cm³/mol. The van der Waals surface area contributed by atoms with Gasteiger partial charge < -0.3 is 5.32 Å². The fraction of sp³-hybridized carbons (Fsp3) is 0.562. The lowest BCUT2D eigenvalue weighted by Gasteiger charge is -2.22. The molecule has 0 fully saturated rings. The number of hydrogen-bond acceptors (Lipinski definition) is 2. The topological polar surface area (TPSA) is 24.9 Å². The highest BCUT2D eigenvalue weighted by Crippen LogP contribution is 2.28. The molecule has 1 N–H and O–H groups in total. The monoisotopic (exact) mass is 262 g/mol. The molecular weight excluding hydrogens is 239 g/mol. The molecular formula is C16H23FN2. The third-order valence-corrected chi connectivity index (χ3v) is 3.67. The average Bonchev–Trinajstić information content (AvgIpc) is 2.45. The molecule has 0 amide bonds. The van der Waals surface area contributed by atoms with Gasteiger partial charge in [-0.25, -0.2) is 4.39 Å². The van der Waals surface area contributed by atoms with Crippen LogP contribution >= 0.6 is 0 Å². The minimum atomic E-state index is -0.201. The average molecular weight is 262 g/mol. The number of nitrogens with zero attached hydrogens (tertiary/aromatic N) is 1. The minimum absolute atomic E-state index is 0.0762. The number of allylic oxidation sites excluding steroid dienone is 1. The maximum Gasteiger partial charge on any atom is 0.146 e. The van der Waals surface area contributed by atoms with Gasteiger partial charge in [0.1, 0.15) is 5.82 Å². The first-order valence-electron chi connectivity index (χ1n) is 7.32. The highest BCUT2D eigenvalue weighted by atomic mass is 19.1. The van der Waals surface area contributed by atoms with Crippen molar-refractivity contribution in [1.82, 2.24) is 10.3 Å². The van der Waals surface area contributed by atoms with Gasteiger partial charge >= 0.3 is 0 Å². The zero-order valence-corrected chi connectivity index (χ0v) is 11.7. The first-order chi connectivity index (χ1) is 9.31. The Kier molecular flexibility index (Phi) is 5.52. The molecule has 104 valence electrons. The molecule has 1 aromatic rings.